The fraction of sp³-hybridized carbons (Fsp3) is 0.500. The van der Waals surface area contributed by atoms with Crippen molar-refractivity contribution in [2.75, 3.05) is 101 Å². The van der Waals surface area contributed by atoms with Crippen molar-refractivity contribution in [1.82, 2.24) is 39.5 Å². The van der Waals surface area contributed by atoms with Gasteiger partial charge in [0.25, 0.3) is 0 Å². The van der Waals surface area contributed by atoms with Crippen LogP contribution in [0, 0.1) is 59.2 Å². The quantitative estimate of drug-likeness (QED) is 0.0410. The summed E-state index contributed by atoms with van der Waals surface area (Å²) in [4.78, 5) is 114. The number of nitrogens with zero attached hydrogens (tertiary/aromatic N) is 7. The number of hydrogen-bond acceptors (Lipinski definition) is 25. The maximum Gasteiger partial charge on any atom is 0.373 e. The number of phenols is 1. The van der Waals surface area contributed by atoms with E-state index < -0.39 is 23.2 Å². The van der Waals surface area contributed by atoms with Crippen molar-refractivity contribution in [2.45, 2.75) is 194 Å². The molecule has 8 aromatic rings. The second kappa shape index (κ2) is 50.0. The van der Waals surface area contributed by atoms with Crippen LogP contribution in [0.2, 0.25) is 0 Å². The van der Waals surface area contributed by atoms with Gasteiger partial charge >= 0.3 is 30.8 Å². The molecule has 0 radical (unpaired) electrons. The average molecular weight is 1890 g/mol. The summed E-state index contributed by atoms with van der Waals surface area (Å²) in [5, 5.41) is 37.0. The number of para-hydroxylation sites is 4. The lowest BCUT2D eigenvalue weighted by Gasteiger charge is -2.50. The third-order valence-electron chi connectivity index (χ3n) is 30.8. The molecule has 7 fully saturated rings. The van der Waals surface area contributed by atoms with Crippen LogP contribution in [-0.4, -0.2) is 210 Å². The van der Waals surface area contributed by atoms with Gasteiger partial charge in [-0.15, -0.1) is 6.58 Å². The second-order valence-corrected chi connectivity index (χ2v) is 37.7. The normalized spacial score (nSPS) is 28.7. The third kappa shape index (κ3) is 22.9. The Morgan fingerprint density at radius 2 is 0.746 bits per heavy atom. The van der Waals surface area contributed by atoms with E-state index in [9.17, 15) is 18.1 Å². The number of hydrogen-bond donors (Lipinski definition) is 6. The van der Waals surface area contributed by atoms with E-state index in [0.717, 1.165) is 148 Å². The number of benzene rings is 5. The summed E-state index contributed by atoms with van der Waals surface area (Å²) in [5.74, 6) is 5.51. The molecule has 0 unspecified atom stereocenters. The number of aromatic hydroxyl groups is 1. The zero-order valence-corrected chi connectivity index (χ0v) is 82.2. The van der Waals surface area contributed by atoms with Gasteiger partial charge < -0.3 is 54.0 Å². The highest BCUT2D eigenvalue weighted by molar-refractivity contribution is 6.05. The van der Waals surface area contributed by atoms with Crippen molar-refractivity contribution in [3.05, 3.63) is 232 Å². The predicted molar refractivity (Wildman–Crippen MR) is 524 cm³/mol. The van der Waals surface area contributed by atoms with E-state index in [1.807, 2.05) is 85.9 Å². The molecule has 28 nitrogen and oxygen atoms in total. The lowest BCUT2D eigenvalue weighted by Crippen LogP contribution is -2.60. The van der Waals surface area contributed by atoms with E-state index >= 15 is 0 Å². The zero-order chi connectivity index (χ0) is 102. The van der Waals surface area contributed by atoms with Gasteiger partial charge in [-0.25, -0.2) is 0 Å². The minimum atomic E-state index is -1.10. The molecule has 7 saturated heterocycles. The summed E-state index contributed by atoms with van der Waals surface area (Å²) < 4.78 is 45.3. The highest BCUT2D eigenvalue weighted by atomic mass is 16.5. The van der Waals surface area contributed by atoms with Gasteiger partial charge in [-0.2, -0.15) is 47.9 Å². The first-order valence-corrected chi connectivity index (χ1v) is 48.2. The first-order chi connectivity index (χ1) is 67.5. The van der Waals surface area contributed by atoms with Gasteiger partial charge in [0.05, 0.1) is 123 Å². The first kappa shape index (κ1) is 103. The second-order valence-electron chi connectivity index (χ2n) is 37.7. The Kier molecular flexibility index (Phi) is 37.4. The minimum Gasteiger partial charge on any atom is -0.507 e. The monoisotopic (exact) mass is 1890 g/mol. The number of phenolic OH excluding ortho intramolecular Hbond substituents is 1. The standard InChI is InChI=1S/2C21H28N2O2.C21H26N2O2.2C21H28N2O.5CO2/c1-4-14-11-23-9-8-15-20-17(6-5-7-19(20)24)22-21(15)18(23)10-16(14)13(2)12-25-3;2*1-4-15-12-23-10-9-21(24)17-7-5-6-8-18(17)22-20(21)19(23)11-16(15)14(2)13-25-3;2*1-4-15-12-23-10-9-17-16-7-5-6-8-19(16)22-21(17)20(23)11-18(15)14(2)13-24-3;5*2-1-3/h5-7,12,14,16,18,22,24H,4,8-11H2,1-3H3;5-8,13,15-16,19,24H,4,9-12H2,1-3H3;4-8,13,15-16,19,24H,1,9-12H2,2-3H3;2*5-8,13,15,18,20,22H,4,9-12H2,1-3H3;;;;;/b13-12-;4*14-13-;;;;;/t14-,16-,18+;15-,16-,19+,21+;15-,16+,19-,21-;2*15-,18-,20+;;;;;/m11011...../s1/i;19D;;20D;;;;;;. The molecule has 0 spiro atoms. The third-order valence-corrected chi connectivity index (χ3v) is 30.8. The van der Waals surface area contributed by atoms with Crippen LogP contribution in [0.1, 0.15) is 199 Å². The topological polar surface area (TPSA) is 366 Å². The van der Waals surface area contributed by atoms with E-state index in [2.05, 4.69) is 169 Å². The van der Waals surface area contributed by atoms with Gasteiger partial charge in [-0.3, -0.25) is 34.5 Å². The molecule has 15 heterocycles. The zero-order valence-electron chi connectivity index (χ0n) is 84.2. The summed E-state index contributed by atoms with van der Waals surface area (Å²) in [5.41, 5.74) is 21.2. The number of aliphatic hydroxyl groups is 2. The van der Waals surface area contributed by atoms with Crippen LogP contribution in [0.3, 0.4) is 0 Å². The Labute approximate surface area is 812 Å². The maximum absolute atomic E-state index is 11.5. The molecule has 20 rings (SSSR count). The van der Waals surface area contributed by atoms with Crippen LogP contribution in [0.5, 0.6) is 5.75 Å². The Morgan fingerprint density at radius 3 is 1.20 bits per heavy atom. The SMILES string of the molecule is C=C[C@H]1CN2CC[C@@]3(O)C(=Nc4ccccc43)[C@@H]2C[C@@H]1/C(C)=C\OC.CC[C@@H]1CN2CCc3c([nH]c4cccc(O)c34)[C@@H]2C[C@@H]1/C(C)=C\OC.CC[C@@H]1CN2CCc3c([nH]c4ccccc34)[C@@H]2C[C@@H]1/C(C)=C\OC.O=C=O.O=C=O.O=C=O.O=C=O.O=C=O.[2H][C@@]12C[C@H](/C(C)=C\OC)[C@H](CC)CN1CC[C@@]1(O)C2=Nc2ccccc21.[2H][C@@]12C[C@H](/C(C)=C\OC)[C@H](CC)CN1CCc1c2[nH]c2ccccc12. The first-order valence-electron chi connectivity index (χ1n) is 49.2. The fourth-order valence-electron chi connectivity index (χ4n) is 24.4. The van der Waals surface area contributed by atoms with Crippen molar-refractivity contribution < 1.29 is 89.7 Å². The average Bonchev–Trinajstić information content (AvgIpc) is 1.52. The minimum absolute atomic E-state index is 0.174. The van der Waals surface area contributed by atoms with E-state index in [4.69, 9.17) is 81.6 Å². The Balaban J connectivity index is 0.000000161. The molecule has 736 valence electrons. The highest BCUT2D eigenvalue weighted by Gasteiger charge is 2.55. The fourth-order valence-corrected chi connectivity index (χ4v) is 24.4. The highest BCUT2D eigenvalue weighted by Crippen LogP contribution is 2.54. The maximum atomic E-state index is 11.5. The van der Waals surface area contributed by atoms with E-state index in [1.165, 1.54) is 111 Å². The van der Waals surface area contributed by atoms with Crippen LogP contribution in [-0.2, 0) is 102 Å². The molecule has 3 aromatic heterocycles. The van der Waals surface area contributed by atoms with Crippen molar-refractivity contribution in [3.63, 3.8) is 0 Å². The van der Waals surface area contributed by atoms with E-state index in [-0.39, 0.29) is 42.7 Å². The van der Waals surface area contributed by atoms with E-state index in [0.29, 0.717) is 90.2 Å². The number of nitrogens with one attached hydrogen (secondary N) is 3. The molecule has 12 aliphatic heterocycles. The number of methoxy groups -OCH3 is 5. The molecule has 6 N–H and O–H groups in total. The number of ether oxygens (including phenoxy) is 5. The number of H-pyrrole nitrogens is 3. The number of aliphatic imine (C=N–C) groups is 2. The molecule has 0 saturated carbocycles. The van der Waals surface area contributed by atoms with Crippen molar-refractivity contribution in [1.29, 1.82) is 0 Å². The Bertz CT molecular complexity index is 5950. The number of carbonyl (C=O) groups excluding carboxylic acids is 10. The van der Waals surface area contributed by atoms with E-state index in [1.54, 1.807) is 47.2 Å². The smallest absolute Gasteiger partial charge is 0.373 e. The summed E-state index contributed by atoms with van der Waals surface area (Å²) in [6.45, 7) is 34.0. The van der Waals surface area contributed by atoms with Gasteiger partial charge in [0, 0.05) is 126 Å². The number of aromatic nitrogens is 3. The largest absolute Gasteiger partial charge is 0.507 e. The van der Waals surface area contributed by atoms with Crippen LogP contribution in [0.4, 0.5) is 11.4 Å². The van der Waals surface area contributed by atoms with Crippen molar-refractivity contribution in [3.8, 4) is 5.75 Å². The summed E-state index contributed by atoms with van der Waals surface area (Å²) >= 11 is 0. The van der Waals surface area contributed by atoms with Crippen LogP contribution in [0.15, 0.2) is 197 Å². The van der Waals surface area contributed by atoms with Crippen LogP contribution < -0.4 is 0 Å². The van der Waals surface area contributed by atoms with Gasteiger partial charge in [0.15, 0.2) is 0 Å². The van der Waals surface area contributed by atoms with Crippen molar-refractivity contribution >= 4 is 86.3 Å². The van der Waals surface area contributed by atoms with Crippen molar-refractivity contribution in [2.24, 2.45) is 69.2 Å². The molecule has 28 heteroatoms. The number of aromatic amines is 3. The molecule has 0 aliphatic carbocycles. The number of fused-ring (bicyclic) bond motifs is 25. The lowest BCUT2D eigenvalue weighted by molar-refractivity contribution is -0.193. The van der Waals surface area contributed by atoms with Crippen LogP contribution >= 0.6 is 0 Å². The summed E-state index contributed by atoms with van der Waals surface area (Å²) in [7, 11) is 8.58. The van der Waals surface area contributed by atoms with Gasteiger partial charge in [0.2, 0.25) is 0 Å². The summed E-state index contributed by atoms with van der Waals surface area (Å²) in [6, 6.07) is 38.3. The van der Waals surface area contributed by atoms with Gasteiger partial charge in [-0.05, 0) is 239 Å². The van der Waals surface area contributed by atoms with Gasteiger partial charge in [-0.1, -0.05) is 138 Å². The molecule has 0 bridgehead atoms. The Morgan fingerprint density at radius 1 is 0.413 bits per heavy atom. The molecule has 12 aliphatic rings. The van der Waals surface area contributed by atoms with Crippen LogP contribution in [0.25, 0.3) is 32.7 Å². The number of rotatable bonds is 15. The Hall–Kier alpha value is -12.1. The molecular weight excluding hydrogens is 1750 g/mol. The number of piperidine rings is 7. The molecular formula is C110H138N10O18. The lowest BCUT2D eigenvalue weighted by atomic mass is 9.70. The molecule has 0 amide bonds. The summed E-state index contributed by atoms with van der Waals surface area (Å²) in [6.07, 6.45) is 26.6. The van der Waals surface area contributed by atoms with Gasteiger partial charge in [0.1, 0.15) is 17.0 Å². The molecule has 138 heavy (non-hydrogen) atoms. The predicted octanol–water partition coefficient (Wildman–Crippen LogP) is 17.8. The molecule has 17 atom stereocenters. The number of allylic oxidation sites excluding steroid dienone is 5. The molecule has 5 aromatic carbocycles.